The summed E-state index contributed by atoms with van der Waals surface area (Å²) in [5, 5.41) is 0. The van der Waals surface area contributed by atoms with E-state index in [2.05, 4.69) is 6.08 Å². The second-order valence-electron chi connectivity index (χ2n) is 3.92. The Labute approximate surface area is 88.9 Å². The Kier molecular flexibility index (Phi) is 4.64. The molecule has 0 radical (unpaired) electrons. The minimum absolute atomic E-state index is 0.120. The van der Waals surface area contributed by atoms with E-state index in [-0.39, 0.29) is 12.6 Å². The zero-order valence-electron chi connectivity index (χ0n) is 9.06. The predicted molar refractivity (Wildman–Crippen MR) is 54.7 cm³/mol. The molecule has 0 amide bonds. The molecule has 15 heavy (non-hydrogen) atoms. The molecule has 0 aromatic heterocycles. The summed E-state index contributed by atoms with van der Waals surface area (Å²) in [6.45, 7) is 2.72. The van der Waals surface area contributed by atoms with Crippen molar-refractivity contribution < 1.29 is 13.2 Å². The molecule has 1 aliphatic carbocycles. The molecule has 4 heteroatoms. The first-order valence-corrected chi connectivity index (χ1v) is 5.50. The summed E-state index contributed by atoms with van der Waals surface area (Å²) < 4.78 is 36.2. The maximum atomic E-state index is 12.1. The van der Waals surface area contributed by atoms with Crippen LogP contribution in [-0.2, 0) is 0 Å². The highest BCUT2D eigenvalue weighted by molar-refractivity contribution is 4.98. The third-order valence-electron chi connectivity index (χ3n) is 2.79. The molecule has 1 unspecified atom stereocenters. The quantitative estimate of drug-likeness (QED) is 0.658. The molecule has 0 aromatic rings. The molecule has 1 nitrogen and oxygen atoms in total. The second-order valence-corrected chi connectivity index (χ2v) is 3.92. The van der Waals surface area contributed by atoms with Crippen molar-refractivity contribution in [2.75, 3.05) is 13.1 Å². The van der Waals surface area contributed by atoms with Crippen molar-refractivity contribution >= 4 is 0 Å². The molecule has 0 bridgehead atoms. The molecule has 0 spiro atoms. The average Bonchev–Trinajstić information content (AvgIpc) is 2.19. The molecule has 88 valence electrons. The summed E-state index contributed by atoms with van der Waals surface area (Å²) in [6, 6.07) is 0.214. The first-order valence-electron chi connectivity index (χ1n) is 5.50. The Hall–Kier alpha value is -0.510. The van der Waals surface area contributed by atoms with Gasteiger partial charge >= 0.3 is 6.18 Å². The smallest absolute Gasteiger partial charge is 0.297 e. The van der Waals surface area contributed by atoms with Crippen LogP contribution in [0.4, 0.5) is 13.2 Å². The number of hydrogen-bond acceptors (Lipinski definition) is 1. The fourth-order valence-corrected chi connectivity index (χ4v) is 1.93. The van der Waals surface area contributed by atoms with Crippen LogP contribution >= 0.6 is 0 Å². The molecule has 0 aromatic carbocycles. The van der Waals surface area contributed by atoms with E-state index >= 15 is 0 Å². The first-order chi connectivity index (χ1) is 7.03. The van der Waals surface area contributed by atoms with Crippen LogP contribution in [0.5, 0.6) is 0 Å². The molecule has 0 fully saturated rings. The molecule has 1 aliphatic rings. The molecule has 0 aliphatic heterocycles. The van der Waals surface area contributed by atoms with Gasteiger partial charge in [-0.15, -0.1) is 0 Å². The summed E-state index contributed by atoms with van der Waals surface area (Å²) in [7, 11) is 0. The van der Waals surface area contributed by atoms with Crippen molar-refractivity contribution in [1.82, 2.24) is 4.90 Å². The SMILES string of the molecule is CCN(CCC(F)(F)F)C1C=CCCC1. The van der Waals surface area contributed by atoms with Crippen molar-refractivity contribution in [2.24, 2.45) is 0 Å². The lowest BCUT2D eigenvalue weighted by atomic mass is 10.0. The van der Waals surface area contributed by atoms with Gasteiger partial charge in [-0.3, -0.25) is 4.90 Å². The van der Waals surface area contributed by atoms with Gasteiger partial charge in [0.1, 0.15) is 0 Å². The van der Waals surface area contributed by atoms with Crippen molar-refractivity contribution in [3.8, 4) is 0 Å². The van der Waals surface area contributed by atoms with Crippen molar-refractivity contribution in [3.05, 3.63) is 12.2 Å². The van der Waals surface area contributed by atoms with Gasteiger partial charge in [0.25, 0.3) is 0 Å². The Morgan fingerprint density at radius 3 is 2.60 bits per heavy atom. The topological polar surface area (TPSA) is 3.24 Å². The van der Waals surface area contributed by atoms with Gasteiger partial charge in [-0.1, -0.05) is 19.1 Å². The first kappa shape index (κ1) is 12.6. The van der Waals surface area contributed by atoms with Crippen LogP contribution in [0.2, 0.25) is 0 Å². The Morgan fingerprint density at radius 1 is 1.40 bits per heavy atom. The Balaban J connectivity index is 2.41. The van der Waals surface area contributed by atoms with Gasteiger partial charge in [0, 0.05) is 12.6 Å². The lowest BCUT2D eigenvalue weighted by Gasteiger charge is -2.30. The fraction of sp³-hybridized carbons (Fsp3) is 0.818. The molecule has 0 N–H and O–H groups in total. The third kappa shape index (κ3) is 4.69. The van der Waals surface area contributed by atoms with E-state index in [0.29, 0.717) is 6.54 Å². The van der Waals surface area contributed by atoms with Gasteiger partial charge < -0.3 is 0 Å². The summed E-state index contributed by atoms with van der Waals surface area (Å²) >= 11 is 0. The van der Waals surface area contributed by atoms with E-state index in [1.54, 1.807) is 0 Å². The van der Waals surface area contributed by atoms with Crippen molar-refractivity contribution in [3.63, 3.8) is 0 Å². The molecular formula is C11H18F3N. The van der Waals surface area contributed by atoms with Crippen molar-refractivity contribution in [1.29, 1.82) is 0 Å². The maximum absolute atomic E-state index is 12.1. The summed E-state index contributed by atoms with van der Waals surface area (Å²) in [4.78, 5) is 1.91. The zero-order chi connectivity index (χ0) is 11.3. The zero-order valence-corrected chi connectivity index (χ0v) is 9.06. The standard InChI is InChI=1S/C11H18F3N/c1-2-15(9-8-11(12,13)14)10-6-4-3-5-7-10/h4,6,10H,2-3,5,7-9H2,1H3. The Morgan fingerprint density at radius 2 is 2.13 bits per heavy atom. The van der Waals surface area contributed by atoms with E-state index in [4.69, 9.17) is 0 Å². The average molecular weight is 221 g/mol. The van der Waals surface area contributed by atoms with Gasteiger partial charge in [0.05, 0.1) is 6.42 Å². The van der Waals surface area contributed by atoms with Crippen LogP contribution < -0.4 is 0 Å². The number of halogens is 3. The highest BCUT2D eigenvalue weighted by atomic mass is 19.4. The summed E-state index contributed by atoms with van der Waals surface area (Å²) in [5.74, 6) is 0. The van der Waals surface area contributed by atoms with E-state index in [0.717, 1.165) is 19.3 Å². The number of nitrogens with zero attached hydrogens (tertiary/aromatic N) is 1. The summed E-state index contributed by atoms with van der Waals surface area (Å²) in [6.07, 6.45) is 2.52. The largest absolute Gasteiger partial charge is 0.390 e. The normalized spacial score (nSPS) is 22.3. The number of likely N-dealkylation sites (N-methyl/N-ethyl adjacent to an activating group) is 1. The van der Waals surface area contributed by atoms with Crippen LogP contribution in [0.3, 0.4) is 0 Å². The third-order valence-corrected chi connectivity index (χ3v) is 2.79. The van der Waals surface area contributed by atoms with Gasteiger partial charge in [-0.05, 0) is 25.8 Å². The second kappa shape index (κ2) is 5.54. The maximum Gasteiger partial charge on any atom is 0.390 e. The molecule has 1 rings (SSSR count). The van der Waals surface area contributed by atoms with Crippen LogP contribution in [0, 0.1) is 0 Å². The van der Waals surface area contributed by atoms with Gasteiger partial charge in [-0.25, -0.2) is 0 Å². The van der Waals surface area contributed by atoms with Crippen LogP contribution in [0.15, 0.2) is 12.2 Å². The number of hydrogen-bond donors (Lipinski definition) is 0. The van der Waals surface area contributed by atoms with Crippen molar-refractivity contribution in [2.45, 2.75) is 44.8 Å². The lowest BCUT2D eigenvalue weighted by Crippen LogP contribution is -2.37. The predicted octanol–water partition coefficient (Wildman–Crippen LogP) is 3.37. The summed E-state index contributed by atoms with van der Waals surface area (Å²) in [5.41, 5.74) is 0. The molecule has 0 saturated heterocycles. The number of alkyl halides is 3. The minimum Gasteiger partial charge on any atom is -0.297 e. The Bertz CT molecular complexity index is 210. The minimum atomic E-state index is -4.04. The van der Waals surface area contributed by atoms with E-state index < -0.39 is 12.6 Å². The molecule has 0 heterocycles. The molecule has 1 atom stereocenters. The number of rotatable bonds is 4. The van der Waals surface area contributed by atoms with Crippen LogP contribution in [0.1, 0.15) is 32.6 Å². The van der Waals surface area contributed by atoms with Gasteiger partial charge in [-0.2, -0.15) is 13.2 Å². The highest BCUT2D eigenvalue weighted by Crippen LogP contribution is 2.22. The van der Waals surface area contributed by atoms with Gasteiger partial charge in [0.15, 0.2) is 0 Å². The highest BCUT2D eigenvalue weighted by Gasteiger charge is 2.28. The molecular weight excluding hydrogens is 203 g/mol. The number of allylic oxidation sites excluding steroid dienone is 1. The van der Waals surface area contributed by atoms with Crippen LogP contribution in [0.25, 0.3) is 0 Å². The lowest BCUT2D eigenvalue weighted by molar-refractivity contribution is -0.138. The van der Waals surface area contributed by atoms with Crippen LogP contribution in [-0.4, -0.2) is 30.2 Å². The van der Waals surface area contributed by atoms with E-state index in [1.165, 1.54) is 0 Å². The molecule has 0 saturated carbocycles. The van der Waals surface area contributed by atoms with E-state index in [9.17, 15) is 13.2 Å². The fourth-order valence-electron chi connectivity index (χ4n) is 1.93. The van der Waals surface area contributed by atoms with Gasteiger partial charge in [0.2, 0.25) is 0 Å². The monoisotopic (exact) mass is 221 g/mol. The van der Waals surface area contributed by atoms with E-state index in [1.807, 2.05) is 17.9 Å².